The molecule has 0 saturated carbocycles. The molecule has 0 atom stereocenters. The van der Waals surface area contributed by atoms with Gasteiger partial charge in [-0.05, 0) is 18.1 Å². The van der Waals surface area contributed by atoms with E-state index in [9.17, 15) is 18.4 Å². The van der Waals surface area contributed by atoms with Gasteiger partial charge in [0.1, 0.15) is 23.1 Å². The van der Waals surface area contributed by atoms with Crippen LogP contribution in [0, 0.1) is 0 Å². The minimum atomic E-state index is -3.18. The van der Waals surface area contributed by atoms with E-state index in [0.29, 0.717) is 22.7 Å². The summed E-state index contributed by atoms with van der Waals surface area (Å²) in [6.07, 6.45) is 1.38. The number of carbonyl (C=O) groups is 1. The Morgan fingerprint density at radius 2 is 2.07 bits per heavy atom. The van der Waals surface area contributed by atoms with Gasteiger partial charge in [-0.2, -0.15) is 18.4 Å². The summed E-state index contributed by atoms with van der Waals surface area (Å²) in [4.78, 5) is 29.2. The number of carbonyl (C=O) groups excluding carboxylic acids is 1. The second-order valence-corrected chi connectivity index (χ2v) is 7.99. The van der Waals surface area contributed by atoms with Gasteiger partial charge >= 0.3 is 0 Å². The number of aromatic nitrogens is 7. The van der Waals surface area contributed by atoms with Crippen LogP contribution in [0.1, 0.15) is 37.4 Å². The first-order chi connectivity index (χ1) is 14.1. The second-order valence-electron chi connectivity index (χ2n) is 6.99. The summed E-state index contributed by atoms with van der Waals surface area (Å²) in [5.74, 6) is -3.69. The number of hydrogen-bond donors (Lipinski definition) is 1. The van der Waals surface area contributed by atoms with E-state index >= 15 is 0 Å². The first kappa shape index (κ1) is 19.9. The lowest BCUT2D eigenvalue weighted by Crippen LogP contribution is -2.30. The first-order valence-electron chi connectivity index (χ1n) is 8.90. The largest absolute Gasteiger partial charge is 0.308 e. The van der Waals surface area contributed by atoms with Crippen molar-refractivity contribution in [2.75, 3.05) is 5.32 Å². The quantitative estimate of drug-likeness (QED) is 0.511. The Morgan fingerprint density at radius 3 is 2.77 bits per heavy atom. The van der Waals surface area contributed by atoms with Crippen LogP contribution < -0.4 is 10.9 Å². The van der Waals surface area contributed by atoms with Gasteiger partial charge in [0.05, 0.1) is 5.69 Å². The smallest absolute Gasteiger partial charge is 0.296 e. The highest BCUT2D eigenvalue weighted by Crippen LogP contribution is 2.34. The van der Waals surface area contributed by atoms with Crippen LogP contribution in [0.15, 0.2) is 23.3 Å². The Balaban J connectivity index is 1.68. The average molecular weight is 434 g/mol. The van der Waals surface area contributed by atoms with Gasteiger partial charge in [-0.3, -0.25) is 9.59 Å². The molecule has 30 heavy (non-hydrogen) atoms. The van der Waals surface area contributed by atoms with Gasteiger partial charge < -0.3 is 5.32 Å². The van der Waals surface area contributed by atoms with Gasteiger partial charge in [-0.15, -0.1) is 26.6 Å². The van der Waals surface area contributed by atoms with Crippen molar-refractivity contribution in [2.24, 2.45) is 0 Å². The van der Waals surface area contributed by atoms with Gasteiger partial charge in [-0.25, -0.2) is 9.67 Å². The van der Waals surface area contributed by atoms with Crippen LogP contribution in [0.4, 0.5) is 14.6 Å². The highest BCUT2D eigenvalue weighted by Gasteiger charge is 2.31. The fraction of sp³-hybridized carbons (Fsp3) is 0.353. The van der Waals surface area contributed by atoms with Crippen LogP contribution in [-0.4, -0.2) is 40.5 Å². The Bertz CT molecular complexity index is 1320. The number of anilines is 1. The lowest BCUT2D eigenvalue weighted by atomic mass is 10.1. The fourth-order valence-electron chi connectivity index (χ4n) is 2.78. The van der Waals surface area contributed by atoms with E-state index in [1.165, 1.54) is 10.8 Å². The monoisotopic (exact) mass is 434 g/mol. The predicted molar refractivity (Wildman–Crippen MR) is 105 cm³/mol. The summed E-state index contributed by atoms with van der Waals surface area (Å²) in [6.45, 7) is 3.92. The van der Waals surface area contributed by atoms with Crippen molar-refractivity contribution in [1.29, 1.82) is 0 Å². The molecule has 4 aromatic rings. The molecule has 13 heteroatoms. The number of hydrogen-bond acceptors (Lipinski definition) is 8. The van der Waals surface area contributed by atoms with Crippen molar-refractivity contribution in [2.45, 2.75) is 39.2 Å². The lowest BCUT2D eigenvalue weighted by molar-refractivity contribution is -0.117. The molecular weight excluding hydrogens is 418 g/mol. The Morgan fingerprint density at radius 1 is 1.30 bits per heavy atom. The molecule has 0 aromatic carbocycles. The normalized spacial score (nSPS) is 12.2. The van der Waals surface area contributed by atoms with Crippen molar-refractivity contribution in [1.82, 2.24) is 34.6 Å². The number of nitrogens with one attached hydrogen (secondary N) is 1. The molecule has 156 valence electrons. The number of thiazole rings is 1. The van der Waals surface area contributed by atoms with Crippen molar-refractivity contribution in [3.63, 3.8) is 0 Å². The summed E-state index contributed by atoms with van der Waals surface area (Å²) in [7, 11) is 0. The highest BCUT2D eigenvalue weighted by atomic mass is 32.1. The minimum absolute atomic E-state index is 0.0436. The predicted octanol–water partition coefficient (Wildman–Crippen LogP) is 2.16. The molecule has 0 saturated heterocycles. The molecule has 0 fully saturated rings. The van der Waals surface area contributed by atoms with E-state index in [1.807, 2.05) is 0 Å². The van der Waals surface area contributed by atoms with Crippen LogP contribution in [0.5, 0.6) is 0 Å². The molecule has 0 bridgehead atoms. The van der Waals surface area contributed by atoms with Gasteiger partial charge in [0.15, 0.2) is 16.5 Å². The number of rotatable bonds is 5. The molecule has 4 rings (SSSR count). The van der Waals surface area contributed by atoms with E-state index in [1.54, 1.807) is 26.0 Å². The molecule has 0 unspecified atom stereocenters. The van der Waals surface area contributed by atoms with Gasteiger partial charge in [-0.1, -0.05) is 13.8 Å². The zero-order valence-electron chi connectivity index (χ0n) is 16.1. The number of nitrogens with zero attached hydrogens (tertiary/aromatic N) is 7. The van der Waals surface area contributed by atoms with Crippen molar-refractivity contribution >= 4 is 38.9 Å². The third-order valence-corrected chi connectivity index (χ3v) is 5.39. The average Bonchev–Trinajstić information content (AvgIpc) is 3.30. The maximum absolute atomic E-state index is 13.7. The highest BCUT2D eigenvalue weighted by molar-refractivity contribution is 7.18. The molecule has 0 radical (unpaired) electrons. The molecule has 4 heterocycles. The third kappa shape index (κ3) is 3.63. The Kier molecular flexibility index (Phi) is 4.76. The van der Waals surface area contributed by atoms with E-state index in [0.717, 1.165) is 11.6 Å². The zero-order chi connectivity index (χ0) is 21.6. The number of alkyl halides is 2. The standard InChI is InChI=1S/C17H16F2N8O2S/c1-8(2)12-13-14(30-16(22-13)17(3,18)19)15(29)26(25-12)6-11(28)21-9-4-5-10-23-20-7-27(10)24-9/h4-5,7-8H,6H2,1-3H3,(H,21,24,28). The molecule has 0 aliphatic heterocycles. The molecule has 10 nitrogen and oxygen atoms in total. The molecule has 0 spiro atoms. The molecule has 0 aliphatic rings. The van der Waals surface area contributed by atoms with Gasteiger partial charge in [0, 0.05) is 6.92 Å². The van der Waals surface area contributed by atoms with Gasteiger partial charge in [0.2, 0.25) is 5.91 Å². The second kappa shape index (κ2) is 7.16. The molecule has 1 amide bonds. The molecule has 0 aliphatic carbocycles. The van der Waals surface area contributed by atoms with E-state index in [-0.39, 0.29) is 22.0 Å². The summed E-state index contributed by atoms with van der Waals surface area (Å²) in [6, 6.07) is 3.16. The molecule has 4 aromatic heterocycles. The van der Waals surface area contributed by atoms with E-state index in [2.05, 4.69) is 30.7 Å². The van der Waals surface area contributed by atoms with Crippen LogP contribution in [-0.2, 0) is 17.3 Å². The topological polar surface area (TPSA) is 120 Å². The van der Waals surface area contributed by atoms with Crippen LogP contribution in [0.3, 0.4) is 0 Å². The first-order valence-corrected chi connectivity index (χ1v) is 9.72. The maximum atomic E-state index is 13.7. The van der Waals surface area contributed by atoms with Crippen molar-refractivity contribution in [3.05, 3.63) is 39.5 Å². The SMILES string of the molecule is CC(C)c1nn(CC(=O)Nc2ccc3nncn3n2)c(=O)c2sc(C(C)(F)F)nc12. The molecule has 1 N–H and O–H groups in total. The van der Waals surface area contributed by atoms with Crippen LogP contribution >= 0.6 is 11.3 Å². The molecular formula is C17H16F2N8O2S. The summed E-state index contributed by atoms with van der Waals surface area (Å²) in [5, 5.41) is 18.0. The number of halogens is 2. The zero-order valence-corrected chi connectivity index (χ0v) is 16.9. The third-order valence-electron chi connectivity index (χ3n) is 4.17. The van der Waals surface area contributed by atoms with Gasteiger partial charge in [0.25, 0.3) is 11.5 Å². The van der Waals surface area contributed by atoms with Crippen molar-refractivity contribution < 1.29 is 13.6 Å². The van der Waals surface area contributed by atoms with Crippen LogP contribution in [0.2, 0.25) is 0 Å². The van der Waals surface area contributed by atoms with Crippen molar-refractivity contribution in [3.8, 4) is 0 Å². The summed E-state index contributed by atoms with van der Waals surface area (Å²) < 4.78 is 29.9. The van der Waals surface area contributed by atoms with E-state index in [4.69, 9.17) is 0 Å². The van der Waals surface area contributed by atoms with Crippen LogP contribution in [0.25, 0.3) is 15.9 Å². The number of fused-ring (bicyclic) bond motifs is 2. The summed E-state index contributed by atoms with van der Waals surface area (Å²) >= 11 is 0.614. The Hall–Kier alpha value is -3.35. The fourth-order valence-corrected chi connectivity index (χ4v) is 3.73. The maximum Gasteiger partial charge on any atom is 0.296 e. The Labute approximate surface area is 171 Å². The lowest BCUT2D eigenvalue weighted by Gasteiger charge is -2.10. The van der Waals surface area contributed by atoms with E-state index < -0.39 is 28.9 Å². The summed E-state index contributed by atoms with van der Waals surface area (Å²) in [5.41, 5.74) is 0.368. The minimum Gasteiger partial charge on any atom is -0.308 e. The number of amides is 1.